The predicted octanol–water partition coefficient (Wildman–Crippen LogP) is 5.34. The molecule has 1 aliphatic carbocycles. The number of hydrogen-bond donors (Lipinski definition) is 3. The highest BCUT2D eigenvalue weighted by Crippen LogP contribution is 2.38. The van der Waals surface area contributed by atoms with Crippen molar-refractivity contribution < 1.29 is 14.7 Å². The standard InChI is InChI=1S/C27H28N2O3/c1-3-18(4-2)28-22-13-14-23(29-19-11-9-17(10-12-19)15-16-30)25-24(22)26(31)20-7-5-6-8-21(20)27(25)32/h5-14,18,28-30H,3-4,15-16H2,1-2H3. The Labute approximate surface area is 188 Å². The third-order valence-corrected chi connectivity index (χ3v) is 6.05. The molecule has 3 aromatic rings. The SMILES string of the molecule is CCC(CC)Nc1ccc(Nc2ccc(CCO)cc2)c2c1C(=O)c1ccccc1C2=O. The van der Waals surface area contributed by atoms with Crippen LogP contribution in [0.25, 0.3) is 0 Å². The van der Waals surface area contributed by atoms with Gasteiger partial charge in [0.05, 0.1) is 16.8 Å². The fourth-order valence-electron chi connectivity index (χ4n) is 4.20. The molecule has 5 heteroatoms. The second-order valence-corrected chi connectivity index (χ2v) is 8.07. The van der Waals surface area contributed by atoms with E-state index in [2.05, 4.69) is 24.5 Å². The van der Waals surface area contributed by atoms with Crippen molar-refractivity contribution in [2.45, 2.75) is 39.2 Å². The monoisotopic (exact) mass is 428 g/mol. The van der Waals surface area contributed by atoms with E-state index < -0.39 is 0 Å². The van der Waals surface area contributed by atoms with Gasteiger partial charge in [-0.1, -0.05) is 50.2 Å². The van der Waals surface area contributed by atoms with Crippen LogP contribution in [-0.2, 0) is 6.42 Å². The van der Waals surface area contributed by atoms with Crippen molar-refractivity contribution in [3.05, 3.63) is 88.5 Å². The lowest BCUT2D eigenvalue weighted by atomic mass is 9.82. The van der Waals surface area contributed by atoms with Gasteiger partial charge in [0.15, 0.2) is 11.6 Å². The summed E-state index contributed by atoms with van der Waals surface area (Å²) in [5.41, 5.74) is 4.88. The average molecular weight is 429 g/mol. The second kappa shape index (κ2) is 9.37. The summed E-state index contributed by atoms with van der Waals surface area (Å²) < 4.78 is 0. The largest absolute Gasteiger partial charge is 0.396 e. The van der Waals surface area contributed by atoms with Crippen LogP contribution in [0.1, 0.15) is 64.1 Å². The maximum absolute atomic E-state index is 13.5. The molecule has 0 saturated heterocycles. The number of ketones is 2. The van der Waals surface area contributed by atoms with E-state index in [1.165, 1.54) is 0 Å². The van der Waals surface area contributed by atoms with Gasteiger partial charge < -0.3 is 15.7 Å². The van der Waals surface area contributed by atoms with Crippen molar-refractivity contribution in [2.24, 2.45) is 0 Å². The van der Waals surface area contributed by atoms with Crippen molar-refractivity contribution in [1.29, 1.82) is 0 Å². The zero-order valence-electron chi connectivity index (χ0n) is 18.4. The second-order valence-electron chi connectivity index (χ2n) is 8.07. The molecule has 3 aromatic carbocycles. The molecular formula is C27H28N2O3. The number of benzene rings is 3. The molecule has 0 fully saturated rings. The first kappa shape index (κ1) is 21.8. The van der Waals surface area contributed by atoms with E-state index in [4.69, 9.17) is 5.11 Å². The quantitative estimate of drug-likeness (QED) is 0.353. The Kier molecular flexibility index (Phi) is 6.37. The van der Waals surface area contributed by atoms with Gasteiger partial charge in [0.25, 0.3) is 0 Å². The van der Waals surface area contributed by atoms with Gasteiger partial charge in [-0.3, -0.25) is 9.59 Å². The Balaban J connectivity index is 1.80. The molecule has 0 atom stereocenters. The summed E-state index contributed by atoms with van der Waals surface area (Å²) in [5, 5.41) is 15.9. The Morgan fingerprint density at radius 1 is 0.781 bits per heavy atom. The lowest BCUT2D eigenvalue weighted by Crippen LogP contribution is -2.26. The maximum atomic E-state index is 13.5. The van der Waals surface area contributed by atoms with E-state index in [9.17, 15) is 9.59 Å². The number of aliphatic hydroxyl groups excluding tert-OH is 1. The number of carbonyl (C=O) groups excluding carboxylic acids is 2. The Bertz CT molecular complexity index is 1150. The molecular weight excluding hydrogens is 400 g/mol. The first-order valence-electron chi connectivity index (χ1n) is 11.2. The molecule has 0 spiro atoms. The van der Waals surface area contributed by atoms with Crippen LogP contribution in [-0.4, -0.2) is 29.3 Å². The zero-order valence-corrected chi connectivity index (χ0v) is 18.4. The number of hydrogen-bond acceptors (Lipinski definition) is 5. The van der Waals surface area contributed by atoms with E-state index in [0.717, 1.165) is 24.1 Å². The van der Waals surface area contributed by atoms with Crippen LogP contribution in [0.2, 0.25) is 0 Å². The van der Waals surface area contributed by atoms with E-state index >= 15 is 0 Å². The fraction of sp³-hybridized carbons (Fsp3) is 0.259. The van der Waals surface area contributed by atoms with Gasteiger partial charge in [0.2, 0.25) is 0 Å². The highest BCUT2D eigenvalue weighted by atomic mass is 16.3. The maximum Gasteiger partial charge on any atom is 0.196 e. The first-order chi connectivity index (χ1) is 15.6. The summed E-state index contributed by atoms with van der Waals surface area (Å²) in [7, 11) is 0. The fourth-order valence-corrected chi connectivity index (χ4v) is 4.20. The van der Waals surface area contributed by atoms with E-state index in [1.807, 2.05) is 36.4 Å². The van der Waals surface area contributed by atoms with Gasteiger partial charge >= 0.3 is 0 Å². The van der Waals surface area contributed by atoms with Gasteiger partial charge in [0, 0.05) is 35.2 Å². The third kappa shape index (κ3) is 4.04. The Morgan fingerprint density at radius 2 is 1.34 bits per heavy atom. The molecule has 0 radical (unpaired) electrons. The molecule has 164 valence electrons. The summed E-state index contributed by atoms with van der Waals surface area (Å²) in [6.45, 7) is 4.31. The summed E-state index contributed by atoms with van der Waals surface area (Å²) in [6.07, 6.45) is 2.43. The molecule has 0 aromatic heterocycles. The summed E-state index contributed by atoms with van der Waals surface area (Å²) >= 11 is 0. The average Bonchev–Trinajstić information content (AvgIpc) is 2.82. The topological polar surface area (TPSA) is 78.4 Å². The number of fused-ring (bicyclic) bond motifs is 2. The lowest BCUT2D eigenvalue weighted by Gasteiger charge is -2.26. The minimum Gasteiger partial charge on any atom is -0.396 e. The Hall–Kier alpha value is -3.44. The normalized spacial score (nSPS) is 12.5. The number of carbonyl (C=O) groups is 2. The molecule has 32 heavy (non-hydrogen) atoms. The molecule has 5 nitrogen and oxygen atoms in total. The molecule has 0 aliphatic heterocycles. The molecule has 1 aliphatic rings. The van der Waals surface area contributed by atoms with E-state index in [0.29, 0.717) is 40.0 Å². The number of aliphatic hydroxyl groups is 1. The summed E-state index contributed by atoms with van der Waals surface area (Å²) in [6, 6.07) is 18.7. The van der Waals surface area contributed by atoms with Crippen LogP contribution in [0, 0.1) is 0 Å². The summed E-state index contributed by atoms with van der Waals surface area (Å²) in [5.74, 6) is -0.284. The van der Waals surface area contributed by atoms with Crippen molar-refractivity contribution in [1.82, 2.24) is 0 Å². The highest BCUT2D eigenvalue weighted by Gasteiger charge is 2.34. The predicted molar refractivity (Wildman–Crippen MR) is 128 cm³/mol. The lowest BCUT2D eigenvalue weighted by molar-refractivity contribution is 0.0980. The smallest absolute Gasteiger partial charge is 0.196 e. The van der Waals surface area contributed by atoms with Crippen LogP contribution < -0.4 is 10.6 Å². The number of anilines is 3. The number of nitrogens with one attached hydrogen (secondary N) is 2. The van der Waals surface area contributed by atoms with Crippen molar-refractivity contribution in [2.75, 3.05) is 17.2 Å². The van der Waals surface area contributed by atoms with Crippen molar-refractivity contribution in [3.8, 4) is 0 Å². The molecule has 0 unspecified atom stereocenters. The van der Waals surface area contributed by atoms with Crippen molar-refractivity contribution >= 4 is 28.6 Å². The van der Waals surface area contributed by atoms with Crippen molar-refractivity contribution in [3.63, 3.8) is 0 Å². The highest BCUT2D eigenvalue weighted by molar-refractivity contribution is 6.32. The van der Waals surface area contributed by atoms with Gasteiger partial charge in [-0.25, -0.2) is 0 Å². The summed E-state index contributed by atoms with van der Waals surface area (Å²) in [4.78, 5) is 27.0. The van der Waals surface area contributed by atoms with Crippen LogP contribution in [0.5, 0.6) is 0 Å². The Morgan fingerprint density at radius 3 is 1.91 bits per heavy atom. The van der Waals surface area contributed by atoms with Gasteiger partial charge in [0.1, 0.15) is 0 Å². The molecule has 3 N–H and O–H groups in total. The molecule has 0 amide bonds. The number of rotatable bonds is 8. The zero-order chi connectivity index (χ0) is 22.7. The minimum absolute atomic E-state index is 0.0985. The van der Waals surface area contributed by atoms with Gasteiger partial charge in [-0.05, 0) is 49.1 Å². The molecule has 0 bridgehead atoms. The van der Waals surface area contributed by atoms with Gasteiger partial charge in [-0.15, -0.1) is 0 Å². The van der Waals surface area contributed by atoms with Crippen LogP contribution in [0.15, 0.2) is 60.7 Å². The van der Waals surface area contributed by atoms with E-state index in [1.54, 1.807) is 24.3 Å². The minimum atomic E-state index is -0.150. The molecule has 4 rings (SSSR count). The van der Waals surface area contributed by atoms with Crippen LogP contribution >= 0.6 is 0 Å². The van der Waals surface area contributed by atoms with Gasteiger partial charge in [-0.2, -0.15) is 0 Å². The van der Waals surface area contributed by atoms with Crippen LogP contribution in [0.3, 0.4) is 0 Å². The molecule has 0 heterocycles. The molecule has 0 saturated carbocycles. The first-order valence-corrected chi connectivity index (χ1v) is 11.2. The third-order valence-electron chi connectivity index (χ3n) is 6.05. The van der Waals surface area contributed by atoms with Crippen LogP contribution in [0.4, 0.5) is 17.1 Å². The van der Waals surface area contributed by atoms with E-state index in [-0.39, 0.29) is 24.2 Å².